The lowest BCUT2D eigenvalue weighted by Gasteiger charge is -2.24. The van der Waals surface area contributed by atoms with Crippen molar-refractivity contribution >= 4 is 6.29 Å². The highest BCUT2D eigenvalue weighted by Crippen LogP contribution is 2.20. The fourth-order valence-electron chi connectivity index (χ4n) is 0.384. The molecule has 0 N–H and O–H groups in total. The maximum Gasteiger partial charge on any atom is 0.269 e. The smallest absolute Gasteiger partial charge is 0.269 e. The largest absolute Gasteiger partial charge is 0.359 e. The van der Waals surface area contributed by atoms with E-state index in [-0.39, 0.29) is 0 Å². The zero-order valence-corrected chi connectivity index (χ0v) is 6.02. The Morgan fingerprint density at radius 3 is 2.45 bits per heavy atom. The summed E-state index contributed by atoms with van der Waals surface area (Å²) in [6.45, 7) is -0.898. The third-order valence-electron chi connectivity index (χ3n) is 1.21. The Hall–Kier alpha value is -0.580. The Labute approximate surface area is 62.3 Å². The quantitative estimate of drug-likeness (QED) is 0.579. The number of rotatable bonds is 5. The molecule has 0 heterocycles. The third-order valence-corrected chi connectivity index (χ3v) is 1.21. The lowest BCUT2D eigenvalue weighted by atomic mass is 10.1. The molecule has 0 spiro atoms. The van der Waals surface area contributed by atoms with Gasteiger partial charge < -0.3 is 9.53 Å². The Morgan fingerprint density at radius 2 is 2.18 bits per heavy atom. The molecule has 0 aliphatic carbocycles. The first-order valence-electron chi connectivity index (χ1n) is 2.98. The average Bonchev–Trinajstić information content (AvgIpc) is 2.00. The van der Waals surface area contributed by atoms with Gasteiger partial charge in [-0.2, -0.15) is 0 Å². The van der Waals surface area contributed by atoms with Gasteiger partial charge in [-0.15, -0.1) is 0 Å². The van der Waals surface area contributed by atoms with Crippen molar-refractivity contribution in [1.29, 1.82) is 0 Å². The van der Waals surface area contributed by atoms with Crippen LogP contribution in [0, 0.1) is 0 Å². The SMILES string of the molecule is CC(CF)(OCC=O)C(F)F. The van der Waals surface area contributed by atoms with E-state index in [0.29, 0.717) is 6.29 Å². The van der Waals surface area contributed by atoms with E-state index in [1.165, 1.54) is 0 Å². The second-order valence-corrected chi connectivity index (χ2v) is 2.22. The number of hydrogen-bond donors (Lipinski definition) is 0. The van der Waals surface area contributed by atoms with Gasteiger partial charge in [-0.3, -0.25) is 0 Å². The van der Waals surface area contributed by atoms with Crippen LogP contribution >= 0.6 is 0 Å². The Kier molecular flexibility index (Phi) is 4.10. The van der Waals surface area contributed by atoms with E-state index in [1.54, 1.807) is 0 Å². The summed E-state index contributed by atoms with van der Waals surface area (Å²) in [7, 11) is 0. The number of aldehydes is 1. The van der Waals surface area contributed by atoms with E-state index >= 15 is 0 Å². The molecule has 0 amide bonds. The highest BCUT2D eigenvalue weighted by Gasteiger charge is 2.36. The number of ether oxygens (including phenoxy) is 1. The number of carbonyl (C=O) groups is 1. The van der Waals surface area contributed by atoms with Crippen LogP contribution in [0.5, 0.6) is 0 Å². The predicted molar refractivity (Wildman–Crippen MR) is 32.4 cm³/mol. The molecule has 0 bridgehead atoms. The van der Waals surface area contributed by atoms with Crippen molar-refractivity contribution in [3.63, 3.8) is 0 Å². The minimum atomic E-state index is -2.92. The fraction of sp³-hybridized carbons (Fsp3) is 0.833. The fourth-order valence-corrected chi connectivity index (χ4v) is 0.384. The van der Waals surface area contributed by atoms with E-state index in [9.17, 15) is 18.0 Å². The number of carbonyl (C=O) groups excluding carboxylic acids is 1. The van der Waals surface area contributed by atoms with Crippen molar-refractivity contribution in [2.45, 2.75) is 19.0 Å². The van der Waals surface area contributed by atoms with E-state index in [2.05, 4.69) is 4.74 Å². The first kappa shape index (κ1) is 10.4. The van der Waals surface area contributed by atoms with Gasteiger partial charge in [-0.1, -0.05) is 0 Å². The topological polar surface area (TPSA) is 26.3 Å². The van der Waals surface area contributed by atoms with E-state index in [4.69, 9.17) is 0 Å². The normalized spacial score (nSPS) is 16.5. The van der Waals surface area contributed by atoms with E-state index in [1.807, 2.05) is 0 Å². The minimum absolute atomic E-state index is 0.302. The van der Waals surface area contributed by atoms with Crippen LogP contribution in [0.3, 0.4) is 0 Å². The standard InChI is InChI=1S/C6H9F3O2/c1-6(4-7,5(8)9)11-3-2-10/h2,5H,3-4H2,1H3. The van der Waals surface area contributed by atoms with Gasteiger partial charge in [0.05, 0.1) is 0 Å². The summed E-state index contributed by atoms with van der Waals surface area (Å²) in [5, 5.41) is 0. The second kappa shape index (κ2) is 4.33. The molecule has 66 valence electrons. The molecule has 0 saturated heterocycles. The van der Waals surface area contributed by atoms with Crippen LogP contribution in [-0.2, 0) is 9.53 Å². The van der Waals surface area contributed by atoms with E-state index < -0.39 is 25.3 Å². The second-order valence-electron chi connectivity index (χ2n) is 2.22. The summed E-state index contributed by atoms with van der Waals surface area (Å²) < 4.78 is 40.0. The van der Waals surface area contributed by atoms with Crippen LogP contribution in [0.4, 0.5) is 13.2 Å². The van der Waals surface area contributed by atoms with E-state index in [0.717, 1.165) is 6.92 Å². The molecule has 0 aromatic heterocycles. The molecule has 0 aliphatic heterocycles. The summed E-state index contributed by atoms with van der Waals surface area (Å²) >= 11 is 0. The summed E-state index contributed by atoms with van der Waals surface area (Å²) in [5.74, 6) is 0. The highest BCUT2D eigenvalue weighted by atomic mass is 19.3. The maximum atomic E-state index is 11.9. The number of hydrogen-bond acceptors (Lipinski definition) is 2. The van der Waals surface area contributed by atoms with Crippen molar-refractivity contribution in [2.75, 3.05) is 13.3 Å². The van der Waals surface area contributed by atoms with Crippen molar-refractivity contribution in [2.24, 2.45) is 0 Å². The lowest BCUT2D eigenvalue weighted by Crippen LogP contribution is -2.40. The van der Waals surface area contributed by atoms with Gasteiger partial charge >= 0.3 is 0 Å². The van der Waals surface area contributed by atoms with Crippen LogP contribution in [0.2, 0.25) is 0 Å². The average molecular weight is 170 g/mol. The summed E-state index contributed by atoms with van der Waals surface area (Å²) in [6, 6.07) is 0. The summed E-state index contributed by atoms with van der Waals surface area (Å²) in [5.41, 5.74) is -2.14. The molecular formula is C6H9F3O2. The van der Waals surface area contributed by atoms with Crippen molar-refractivity contribution in [3.8, 4) is 0 Å². The maximum absolute atomic E-state index is 11.9. The zero-order chi connectivity index (χ0) is 8.91. The molecule has 1 unspecified atom stereocenters. The molecular weight excluding hydrogens is 161 g/mol. The van der Waals surface area contributed by atoms with Gasteiger partial charge in [-0.05, 0) is 6.92 Å². The van der Waals surface area contributed by atoms with Crippen molar-refractivity contribution < 1.29 is 22.7 Å². The molecule has 1 atom stereocenters. The summed E-state index contributed by atoms with van der Waals surface area (Å²) in [6.07, 6.45) is -2.62. The lowest BCUT2D eigenvalue weighted by molar-refractivity contribution is -0.146. The van der Waals surface area contributed by atoms with Crippen LogP contribution < -0.4 is 0 Å². The molecule has 0 radical (unpaired) electrons. The monoisotopic (exact) mass is 170 g/mol. The predicted octanol–water partition coefficient (Wildman–Crippen LogP) is 1.20. The highest BCUT2D eigenvalue weighted by molar-refractivity contribution is 5.50. The van der Waals surface area contributed by atoms with Gasteiger partial charge in [-0.25, -0.2) is 13.2 Å². The Morgan fingerprint density at radius 1 is 1.64 bits per heavy atom. The number of alkyl halides is 3. The molecule has 0 rings (SSSR count). The minimum Gasteiger partial charge on any atom is -0.359 e. The van der Waals surface area contributed by atoms with Gasteiger partial charge in [0.15, 0.2) is 5.60 Å². The van der Waals surface area contributed by atoms with Gasteiger partial charge in [0.2, 0.25) is 0 Å². The van der Waals surface area contributed by atoms with Crippen molar-refractivity contribution in [3.05, 3.63) is 0 Å². The Balaban J connectivity index is 3.98. The van der Waals surface area contributed by atoms with Crippen molar-refractivity contribution in [1.82, 2.24) is 0 Å². The third kappa shape index (κ3) is 2.88. The zero-order valence-electron chi connectivity index (χ0n) is 6.02. The molecule has 0 aromatic carbocycles. The molecule has 0 fully saturated rings. The number of halogens is 3. The molecule has 11 heavy (non-hydrogen) atoms. The molecule has 0 saturated carbocycles. The first-order valence-corrected chi connectivity index (χ1v) is 2.98. The molecule has 2 nitrogen and oxygen atoms in total. The van der Waals surface area contributed by atoms with Crippen LogP contribution in [0.15, 0.2) is 0 Å². The first-order chi connectivity index (χ1) is 5.06. The van der Waals surface area contributed by atoms with Crippen LogP contribution in [0.1, 0.15) is 6.92 Å². The van der Waals surface area contributed by atoms with Crippen LogP contribution in [-0.4, -0.2) is 31.6 Å². The van der Waals surface area contributed by atoms with Gasteiger partial charge in [0.25, 0.3) is 6.43 Å². The van der Waals surface area contributed by atoms with Gasteiger partial charge in [0.1, 0.15) is 19.6 Å². The summed E-state index contributed by atoms with van der Waals surface area (Å²) in [4.78, 5) is 9.70. The van der Waals surface area contributed by atoms with Gasteiger partial charge in [0, 0.05) is 0 Å². The molecule has 0 aromatic rings. The molecule has 0 aliphatic rings. The Bertz CT molecular complexity index is 129. The molecule has 5 heteroatoms. The van der Waals surface area contributed by atoms with Crippen LogP contribution in [0.25, 0.3) is 0 Å².